The quantitative estimate of drug-likeness (QED) is 0.834. The molecule has 0 aliphatic carbocycles. The van der Waals surface area contributed by atoms with Gasteiger partial charge in [-0.3, -0.25) is 0 Å². The van der Waals surface area contributed by atoms with Crippen LogP contribution in [0.25, 0.3) is 0 Å². The van der Waals surface area contributed by atoms with E-state index in [-0.39, 0.29) is 0 Å². The number of likely N-dealkylation sites (tertiary alicyclic amines) is 1. The van der Waals surface area contributed by atoms with Crippen LogP contribution >= 0.6 is 0 Å². The molecule has 1 aromatic rings. The summed E-state index contributed by atoms with van der Waals surface area (Å²) in [6.07, 6.45) is 4.97. The highest BCUT2D eigenvalue weighted by atomic mass is 32.2. The predicted octanol–water partition coefficient (Wildman–Crippen LogP) is 1.59. The van der Waals surface area contributed by atoms with Crippen LogP contribution in [0.3, 0.4) is 0 Å². The van der Waals surface area contributed by atoms with Crippen molar-refractivity contribution in [1.29, 1.82) is 0 Å². The third-order valence-electron chi connectivity index (χ3n) is 4.50. The molecule has 124 valence electrons. The van der Waals surface area contributed by atoms with Gasteiger partial charge < -0.3 is 4.90 Å². The summed E-state index contributed by atoms with van der Waals surface area (Å²) in [7, 11) is -3.46. The fraction of sp³-hybridized carbons (Fsp3) is 0.647. The Bertz CT molecular complexity index is 570. The SMILES string of the molecule is CC[C@@H]1CCCC[NH+]1CC(C)(C)NS(=O)(=O)c1ccccc1. The summed E-state index contributed by atoms with van der Waals surface area (Å²) < 4.78 is 27.9. The lowest BCUT2D eigenvalue weighted by Gasteiger charge is -2.37. The minimum atomic E-state index is -3.46. The van der Waals surface area contributed by atoms with E-state index in [0.717, 1.165) is 19.5 Å². The second-order valence-corrected chi connectivity index (χ2v) is 8.67. The molecular weight excluding hydrogens is 296 g/mol. The smallest absolute Gasteiger partial charge is 0.241 e. The fourth-order valence-electron chi connectivity index (χ4n) is 3.50. The molecule has 1 aliphatic heterocycles. The summed E-state index contributed by atoms with van der Waals surface area (Å²) >= 11 is 0. The molecule has 1 saturated heterocycles. The van der Waals surface area contributed by atoms with Gasteiger partial charge in [0.1, 0.15) is 0 Å². The van der Waals surface area contributed by atoms with Crippen LogP contribution in [0.15, 0.2) is 35.2 Å². The van der Waals surface area contributed by atoms with Gasteiger partial charge in [-0.2, -0.15) is 4.72 Å². The van der Waals surface area contributed by atoms with E-state index < -0.39 is 15.6 Å². The van der Waals surface area contributed by atoms with Crippen LogP contribution < -0.4 is 9.62 Å². The minimum Gasteiger partial charge on any atom is -0.331 e. The first kappa shape index (κ1) is 17.4. The van der Waals surface area contributed by atoms with Crippen LogP contribution in [0, 0.1) is 0 Å². The lowest BCUT2D eigenvalue weighted by atomic mass is 9.97. The molecular formula is C17H29N2O2S+. The van der Waals surface area contributed by atoms with E-state index >= 15 is 0 Å². The van der Waals surface area contributed by atoms with Gasteiger partial charge in [0.15, 0.2) is 0 Å². The van der Waals surface area contributed by atoms with Gasteiger partial charge in [-0.1, -0.05) is 25.1 Å². The number of quaternary nitrogens is 1. The number of benzene rings is 1. The van der Waals surface area contributed by atoms with Gasteiger partial charge >= 0.3 is 0 Å². The van der Waals surface area contributed by atoms with Crippen molar-refractivity contribution in [2.24, 2.45) is 0 Å². The van der Waals surface area contributed by atoms with E-state index in [2.05, 4.69) is 11.6 Å². The maximum Gasteiger partial charge on any atom is 0.241 e. The maximum atomic E-state index is 12.5. The van der Waals surface area contributed by atoms with Crippen molar-refractivity contribution in [1.82, 2.24) is 4.72 Å². The number of hydrogen-bond acceptors (Lipinski definition) is 2. The van der Waals surface area contributed by atoms with Crippen LogP contribution in [0.5, 0.6) is 0 Å². The zero-order chi connectivity index (χ0) is 16.2. The number of sulfonamides is 1. The van der Waals surface area contributed by atoms with Gasteiger partial charge in [0.25, 0.3) is 0 Å². The van der Waals surface area contributed by atoms with Crippen molar-refractivity contribution >= 4 is 10.0 Å². The molecule has 2 N–H and O–H groups in total. The molecule has 0 saturated carbocycles. The largest absolute Gasteiger partial charge is 0.331 e. The van der Waals surface area contributed by atoms with E-state index in [1.165, 1.54) is 24.2 Å². The third-order valence-corrected chi connectivity index (χ3v) is 6.22. The van der Waals surface area contributed by atoms with Gasteiger partial charge in [0, 0.05) is 0 Å². The van der Waals surface area contributed by atoms with Crippen LogP contribution in [0.2, 0.25) is 0 Å². The van der Waals surface area contributed by atoms with Crippen LogP contribution in [0.1, 0.15) is 46.5 Å². The van der Waals surface area contributed by atoms with Crippen LogP contribution in [-0.4, -0.2) is 33.1 Å². The maximum absolute atomic E-state index is 12.5. The first-order valence-electron chi connectivity index (χ1n) is 8.28. The van der Waals surface area contributed by atoms with Gasteiger partial charge in [0.05, 0.1) is 29.6 Å². The predicted molar refractivity (Wildman–Crippen MR) is 89.5 cm³/mol. The van der Waals surface area contributed by atoms with Crippen molar-refractivity contribution in [2.75, 3.05) is 13.1 Å². The minimum absolute atomic E-state index is 0.337. The standard InChI is InChI=1S/C17H28N2O2S/c1-4-15-10-8-9-13-19(15)14-17(2,3)18-22(20,21)16-11-6-5-7-12-16/h5-7,11-12,15,18H,4,8-10,13-14H2,1-3H3/p+1/t15-/m1/s1. The number of hydrogen-bond donors (Lipinski definition) is 2. The summed E-state index contributed by atoms with van der Waals surface area (Å²) in [5.41, 5.74) is -0.450. The average molecular weight is 325 g/mol. The van der Waals surface area contributed by atoms with Crippen molar-refractivity contribution in [2.45, 2.75) is 62.9 Å². The van der Waals surface area contributed by atoms with E-state index in [4.69, 9.17) is 0 Å². The van der Waals surface area contributed by atoms with E-state index in [9.17, 15) is 8.42 Å². The first-order valence-corrected chi connectivity index (χ1v) is 9.76. The highest BCUT2D eigenvalue weighted by Gasteiger charge is 2.34. The Labute approximate surface area is 135 Å². The summed E-state index contributed by atoms with van der Waals surface area (Å²) in [6, 6.07) is 9.28. The lowest BCUT2D eigenvalue weighted by Crippen LogP contribution is -3.18. The molecule has 1 unspecified atom stereocenters. The van der Waals surface area contributed by atoms with E-state index in [1.54, 1.807) is 24.3 Å². The Morgan fingerprint density at radius 2 is 1.91 bits per heavy atom. The molecule has 1 heterocycles. The van der Waals surface area contributed by atoms with Gasteiger partial charge in [-0.25, -0.2) is 8.42 Å². The molecule has 0 radical (unpaired) electrons. The average Bonchev–Trinajstić information content (AvgIpc) is 2.47. The van der Waals surface area contributed by atoms with E-state index in [0.29, 0.717) is 10.9 Å². The van der Waals surface area contributed by atoms with Crippen molar-refractivity contribution < 1.29 is 13.3 Å². The normalized spacial score (nSPS) is 23.4. The summed E-state index contributed by atoms with van der Waals surface area (Å²) in [6.45, 7) is 8.19. The molecule has 5 heteroatoms. The Balaban J connectivity index is 2.07. The van der Waals surface area contributed by atoms with Crippen molar-refractivity contribution in [3.8, 4) is 0 Å². The molecule has 4 nitrogen and oxygen atoms in total. The highest BCUT2D eigenvalue weighted by molar-refractivity contribution is 7.89. The molecule has 1 fully saturated rings. The Kier molecular flexibility index (Phi) is 5.64. The Morgan fingerprint density at radius 3 is 2.55 bits per heavy atom. The van der Waals surface area contributed by atoms with Gasteiger partial charge in [0.2, 0.25) is 10.0 Å². The number of piperidine rings is 1. The molecule has 22 heavy (non-hydrogen) atoms. The molecule has 2 atom stereocenters. The molecule has 0 amide bonds. The van der Waals surface area contributed by atoms with Crippen LogP contribution in [0.4, 0.5) is 0 Å². The lowest BCUT2D eigenvalue weighted by molar-refractivity contribution is -0.934. The zero-order valence-corrected chi connectivity index (χ0v) is 14.7. The van der Waals surface area contributed by atoms with Crippen molar-refractivity contribution in [3.05, 3.63) is 30.3 Å². The Hall–Kier alpha value is -0.910. The molecule has 2 rings (SSSR count). The fourth-order valence-corrected chi connectivity index (χ4v) is 4.94. The third kappa shape index (κ3) is 4.54. The second-order valence-electron chi connectivity index (χ2n) is 6.99. The van der Waals surface area contributed by atoms with Gasteiger partial charge in [-0.05, 0) is 51.7 Å². The molecule has 0 bridgehead atoms. The summed E-state index contributed by atoms with van der Waals surface area (Å²) in [4.78, 5) is 1.87. The first-order chi connectivity index (χ1) is 10.3. The summed E-state index contributed by atoms with van der Waals surface area (Å²) in [5.74, 6) is 0. The van der Waals surface area contributed by atoms with Crippen LogP contribution in [-0.2, 0) is 10.0 Å². The van der Waals surface area contributed by atoms with Gasteiger partial charge in [-0.15, -0.1) is 0 Å². The Morgan fingerprint density at radius 1 is 1.23 bits per heavy atom. The topological polar surface area (TPSA) is 50.6 Å². The second kappa shape index (κ2) is 7.11. The van der Waals surface area contributed by atoms with Crippen molar-refractivity contribution in [3.63, 3.8) is 0 Å². The number of rotatable bonds is 6. The highest BCUT2D eigenvalue weighted by Crippen LogP contribution is 2.13. The molecule has 1 aliphatic rings. The molecule has 0 aromatic heterocycles. The van der Waals surface area contributed by atoms with E-state index in [1.807, 2.05) is 19.9 Å². The monoisotopic (exact) mass is 325 g/mol. The molecule has 0 spiro atoms. The zero-order valence-electron chi connectivity index (χ0n) is 13.9. The molecule has 1 aromatic carbocycles. The number of nitrogens with one attached hydrogen (secondary N) is 2. The summed E-state index contributed by atoms with van der Waals surface area (Å²) in [5, 5.41) is 0.